The van der Waals surface area contributed by atoms with Crippen molar-refractivity contribution in [1.29, 1.82) is 0 Å². The third kappa shape index (κ3) is 2.19. The number of nitrogens with zero attached hydrogens (tertiary/aromatic N) is 5. The van der Waals surface area contributed by atoms with Crippen LogP contribution in [0.2, 0.25) is 0 Å². The first-order valence-corrected chi connectivity index (χ1v) is 7.64. The highest BCUT2D eigenvalue weighted by molar-refractivity contribution is 5.94. The highest BCUT2D eigenvalue weighted by atomic mass is 15.1. The second kappa shape index (κ2) is 5.10. The van der Waals surface area contributed by atoms with Crippen LogP contribution in [0.15, 0.2) is 49.1 Å². The number of fused-ring (bicyclic) bond motifs is 2. The Labute approximate surface area is 141 Å². The van der Waals surface area contributed by atoms with Gasteiger partial charge in [-0.15, -0.1) is 0 Å². The summed E-state index contributed by atoms with van der Waals surface area (Å²) in [6.07, 6.45) is 6.79. The van der Waals surface area contributed by atoms with Gasteiger partial charge in [-0.05, 0) is 24.3 Å². The van der Waals surface area contributed by atoms with Crippen LogP contribution in [-0.4, -0.2) is 35.1 Å². The SMILES string of the molecule is Nc1cncc(-c2cc3c(-c4nc5ncccc5[nH]4)n[nH]c3cn2)c1. The molecule has 0 spiro atoms. The molecule has 5 rings (SSSR count). The number of imidazole rings is 1. The maximum Gasteiger partial charge on any atom is 0.178 e. The molecule has 5 aromatic heterocycles. The summed E-state index contributed by atoms with van der Waals surface area (Å²) in [7, 11) is 0. The van der Waals surface area contributed by atoms with Crippen LogP contribution in [0, 0.1) is 0 Å². The van der Waals surface area contributed by atoms with Gasteiger partial charge in [-0.1, -0.05) is 0 Å². The van der Waals surface area contributed by atoms with Crippen LogP contribution in [0.3, 0.4) is 0 Å². The van der Waals surface area contributed by atoms with Crippen LogP contribution >= 0.6 is 0 Å². The van der Waals surface area contributed by atoms with Crippen molar-refractivity contribution in [3.8, 4) is 22.8 Å². The van der Waals surface area contributed by atoms with Gasteiger partial charge in [-0.3, -0.25) is 15.1 Å². The largest absolute Gasteiger partial charge is 0.397 e. The fourth-order valence-corrected chi connectivity index (χ4v) is 2.81. The molecule has 8 heteroatoms. The Bertz CT molecular complexity index is 1190. The lowest BCUT2D eigenvalue weighted by Crippen LogP contribution is -1.90. The second-order valence-electron chi connectivity index (χ2n) is 5.65. The van der Waals surface area contributed by atoms with Gasteiger partial charge in [0.2, 0.25) is 0 Å². The summed E-state index contributed by atoms with van der Waals surface area (Å²) in [5.41, 5.74) is 11.1. The van der Waals surface area contributed by atoms with E-state index in [1.165, 1.54) is 0 Å². The molecule has 0 unspecified atom stereocenters. The normalized spacial score (nSPS) is 11.4. The highest BCUT2D eigenvalue weighted by Crippen LogP contribution is 2.28. The molecule has 0 radical (unpaired) electrons. The standard InChI is InChI=1S/C17H12N8/c18-10-4-9(6-19-7-10)13-5-11-14(8-21-13)24-25-15(11)17-22-12-2-1-3-20-16(12)23-17/h1-8H,18H2,(H,24,25)(H,20,22,23). The van der Waals surface area contributed by atoms with Gasteiger partial charge in [0.1, 0.15) is 5.69 Å². The Morgan fingerprint density at radius 3 is 2.84 bits per heavy atom. The Hall–Kier alpha value is -3.81. The van der Waals surface area contributed by atoms with Crippen molar-refractivity contribution in [3.63, 3.8) is 0 Å². The molecule has 0 bridgehead atoms. The molecule has 8 nitrogen and oxygen atoms in total. The summed E-state index contributed by atoms with van der Waals surface area (Å²) >= 11 is 0. The third-order valence-electron chi connectivity index (χ3n) is 3.98. The second-order valence-corrected chi connectivity index (χ2v) is 5.65. The first kappa shape index (κ1) is 13.6. The average Bonchev–Trinajstić information content (AvgIpc) is 3.24. The number of nitrogens with one attached hydrogen (secondary N) is 2. The van der Waals surface area contributed by atoms with E-state index in [2.05, 4.69) is 35.1 Å². The summed E-state index contributed by atoms with van der Waals surface area (Å²) in [6.45, 7) is 0. The van der Waals surface area contributed by atoms with Gasteiger partial charge in [0.05, 0.1) is 28.6 Å². The number of pyridine rings is 3. The first-order valence-electron chi connectivity index (χ1n) is 7.64. The van der Waals surface area contributed by atoms with Gasteiger partial charge in [0.15, 0.2) is 11.5 Å². The van der Waals surface area contributed by atoms with Gasteiger partial charge >= 0.3 is 0 Å². The monoisotopic (exact) mass is 328 g/mol. The number of H-pyrrole nitrogens is 2. The van der Waals surface area contributed by atoms with E-state index in [0.29, 0.717) is 22.9 Å². The third-order valence-corrected chi connectivity index (χ3v) is 3.98. The van der Waals surface area contributed by atoms with E-state index >= 15 is 0 Å². The van der Waals surface area contributed by atoms with E-state index in [-0.39, 0.29) is 0 Å². The van der Waals surface area contributed by atoms with Crippen molar-refractivity contribution in [2.24, 2.45) is 0 Å². The van der Waals surface area contributed by atoms with E-state index in [1.807, 2.05) is 24.3 Å². The maximum atomic E-state index is 5.82. The summed E-state index contributed by atoms with van der Waals surface area (Å²) in [5.74, 6) is 0.655. The molecule has 0 aliphatic carbocycles. The number of aromatic amines is 2. The Morgan fingerprint density at radius 1 is 1.00 bits per heavy atom. The molecule has 0 saturated carbocycles. The number of rotatable bonds is 2. The van der Waals surface area contributed by atoms with Crippen LogP contribution in [-0.2, 0) is 0 Å². The van der Waals surface area contributed by atoms with Crippen molar-refractivity contribution in [3.05, 3.63) is 49.1 Å². The Balaban J connectivity index is 1.70. The molecule has 0 saturated heterocycles. The number of nitrogen functional groups attached to an aromatic ring is 1. The smallest absolute Gasteiger partial charge is 0.178 e. The molecule has 0 aromatic carbocycles. The zero-order chi connectivity index (χ0) is 16.8. The zero-order valence-electron chi connectivity index (χ0n) is 12.9. The quantitative estimate of drug-likeness (QED) is 0.458. The molecule has 0 fully saturated rings. The van der Waals surface area contributed by atoms with E-state index in [4.69, 9.17) is 5.73 Å². The molecule has 0 amide bonds. The van der Waals surface area contributed by atoms with Crippen molar-refractivity contribution in [2.75, 3.05) is 5.73 Å². The minimum Gasteiger partial charge on any atom is -0.397 e. The molecule has 120 valence electrons. The van der Waals surface area contributed by atoms with Gasteiger partial charge < -0.3 is 10.7 Å². The van der Waals surface area contributed by atoms with Crippen LogP contribution in [0.4, 0.5) is 5.69 Å². The van der Waals surface area contributed by atoms with Crippen LogP contribution in [0.1, 0.15) is 0 Å². The van der Waals surface area contributed by atoms with Gasteiger partial charge in [-0.2, -0.15) is 5.10 Å². The van der Waals surface area contributed by atoms with Gasteiger partial charge in [0, 0.05) is 29.5 Å². The number of aromatic nitrogens is 7. The van der Waals surface area contributed by atoms with E-state index in [1.54, 1.807) is 24.8 Å². The summed E-state index contributed by atoms with van der Waals surface area (Å²) in [4.78, 5) is 20.6. The predicted molar refractivity (Wildman–Crippen MR) is 94.4 cm³/mol. The van der Waals surface area contributed by atoms with E-state index < -0.39 is 0 Å². The van der Waals surface area contributed by atoms with Crippen LogP contribution in [0.5, 0.6) is 0 Å². The lowest BCUT2D eigenvalue weighted by molar-refractivity contribution is 1.10. The molecular weight excluding hydrogens is 316 g/mol. The van der Waals surface area contributed by atoms with Gasteiger partial charge in [-0.25, -0.2) is 9.97 Å². The lowest BCUT2D eigenvalue weighted by atomic mass is 10.1. The van der Waals surface area contributed by atoms with Crippen LogP contribution < -0.4 is 5.73 Å². The summed E-state index contributed by atoms with van der Waals surface area (Å²) < 4.78 is 0. The number of nitrogens with two attached hydrogens (primary N) is 1. The van der Waals surface area contributed by atoms with E-state index in [0.717, 1.165) is 27.7 Å². The van der Waals surface area contributed by atoms with Crippen LogP contribution in [0.25, 0.3) is 44.8 Å². The molecule has 5 heterocycles. The number of hydrogen-bond donors (Lipinski definition) is 3. The minimum absolute atomic E-state index is 0.593. The number of anilines is 1. The van der Waals surface area contributed by atoms with Crippen molar-refractivity contribution >= 4 is 27.8 Å². The van der Waals surface area contributed by atoms with E-state index in [9.17, 15) is 0 Å². The lowest BCUT2D eigenvalue weighted by Gasteiger charge is -2.02. The highest BCUT2D eigenvalue weighted by Gasteiger charge is 2.14. The first-order chi connectivity index (χ1) is 12.3. The fraction of sp³-hybridized carbons (Fsp3) is 0. The summed E-state index contributed by atoms with van der Waals surface area (Å²) in [6, 6.07) is 7.58. The molecule has 25 heavy (non-hydrogen) atoms. The topological polar surface area (TPSA) is 122 Å². The Kier molecular flexibility index (Phi) is 2.78. The molecule has 5 aromatic rings. The molecular formula is C17H12N8. The Morgan fingerprint density at radius 2 is 1.96 bits per heavy atom. The van der Waals surface area contributed by atoms with Gasteiger partial charge in [0.25, 0.3) is 0 Å². The average molecular weight is 328 g/mol. The molecule has 0 aliphatic heterocycles. The van der Waals surface area contributed by atoms with Crippen molar-refractivity contribution in [2.45, 2.75) is 0 Å². The zero-order valence-corrected chi connectivity index (χ0v) is 12.9. The minimum atomic E-state index is 0.593. The summed E-state index contributed by atoms with van der Waals surface area (Å²) in [5, 5.41) is 8.28. The van der Waals surface area contributed by atoms with Crippen molar-refractivity contribution in [1.82, 2.24) is 35.1 Å². The fourth-order valence-electron chi connectivity index (χ4n) is 2.81. The predicted octanol–water partition coefficient (Wildman–Crippen LogP) is 2.54. The molecule has 0 aliphatic rings. The molecule has 4 N–H and O–H groups in total. The van der Waals surface area contributed by atoms with Crippen molar-refractivity contribution < 1.29 is 0 Å². The maximum absolute atomic E-state index is 5.82. The number of hydrogen-bond acceptors (Lipinski definition) is 6. The molecule has 0 atom stereocenters.